The number of carbonyl (C=O) groups excluding carboxylic acids is 1. The van der Waals surface area contributed by atoms with Crippen LogP contribution in [0.1, 0.15) is 36.4 Å². The van der Waals surface area contributed by atoms with E-state index < -0.39 is 0 Å². The van der Waals surface area contributed by atoms with Crippen molar-refractivity contribution in [3.8, 4) is 0 Å². The number of benzene rings is 1. The number of aromatic nitrogens is 3. The summed E-state index contributed by atoms with van der Waals surface area (Å²) in [5, 5.41) is 7.91. The minimum absolute atomic E-state index is 0.264. The van der Waals surface area contributed by atoms with E-state index in [4.69, 9.17) is 0 Å². The lowest BCUT2D eigenvalue weighted by molar-refractivity contribution is -0.132. The van der Waals surface area contributed by atoms with Gasteiger partial charge in [0.15, 0.2) is 0 Å². The molecule has 1 aliphatic rings. The Morgan fingerprint density at radius 3 is 2.73 bits per heavy atom. The number of nitrogens with zero attached hydrogens (tertiary/aromatic N) is 4. The summed E-state index contributed by atoms with van der Waals surface area (Å²) in [4.78, 5) is 14.4. The van der Waals surface area contributed by atoms with Crippen LogP contribution < -0.4 is 0 Å². The Balaban J connectivity index is 1.49. The summed E-state index contributed by atoms with van der Waals surface area (Å²) in [6, 6.07) is 8.66. The maximum absolute atomic E-state index is 12.4. The van der Waals surface area contributed by atoms with Crippen molar-refractivity contribution in [2.45, 2.75) is 38.6 Å². The molecule has 5 nitrogen and oxygen atoms in total. The highest BCUT2D eigenvalue weighted by Gasteiger charge is 2.23. The summed E-state index contributed by atoms with van der Waals surface area (Å²) in [6.45, 7) is 3.73. The quantitative estimate of drug-likeness (QED) is 0.871. The molecular weight excluding hydrogens is 276 g/mol. The van der Waals surface area contributed by atoms with Crippen LogP contribution in [-0.2, 0) is 11.2 Å². The first-order chi connectivity index (χ1) is 10.7. The number of aryl methyl sites for hydroxylation is 2. The zero-order chi connectivity index (χ0) is 15.4. The van der Waals surface area contributed by atoms with Gasteiger partial charge in [-0.3, -0.25) is 4.79 Å². The standard InChI is InChI=1S/C17H22N4O/c1-14-4-2-3-5-15(14)6-7-17(22)20-11-8-16(9-12-20)21-13-10-18-19-21/h2-5,10,13,16H,6-9,11-12H2,1H3. The number of rotatable bonds is 4. The van der Waals surface area contributed by atoms with Crippen molar-refractivity contribution in [1.82, 2.24) is 19.9 Å². The Morgan fingerprint density at radius 2 is 2.05 bits per heavy atom. The van der Waals surface area contributed by atoms with Gasteiger partial charge in [-0.05, 0) is 37.3 Å². The van der Waals surface area contributed by atoms with Crippen LogP contribution in [0.3, 0.4) is 0 Å². The predicted molar refractivity (Wildman–Crippen MR) is 84.4 cm³/mol. The highest BCUT2D eigenvalue weighted by atomic mass is 16.2. The number of hydrogen-bond donors (Lipinski definition) is 0. The van der Waals surface area contributed by atoms with Crippen LogP contribution in [0.4, 0.5) is 0 Å². The number of likely N-dealkylation sites (tertiary alicyclic amines) is 1. The third-order valence-corrected chi connectivity index (χ3v) is 4.50. The molecule has 1 saturated heterocycles. The monoisotopic (exact) mass is 298 g/mol. The second kappa shape index (κ2) is 6.73. The van der Waals surface area contributed by atoms with E-state index in [9.17, 15) is 4.79 Å². The highest BCUT2D eigenvalue weighted by Crippen LogP contribution is 2.22. The van der Waals surface area contributed by atoms with Crippen LogP contribution in [0, 0.1) is 6.92 Å². The van der Waals surface area contributed by atoms with Crippen LogP contribution >= 0.6 is 0 Å². The summed E-state index contributed by atoms with van der Waals surface area (Å²) in [5.41, 5.74) is 2.54. The lowest BCUT2D eigenvalue weighted by atomic mass is 10.0. The van der Waals surface area contributed by atoms with E-state index in [2.05, 4.69) is 29.4 Å². The Labute approximate surface area is 130 Å². The van der Waals surface area contributed by atoms with E-state index in [1.165, 1.54) is 11.1 Å². The van der Waals surface area contributed by atoms with Crippen molar-refractivity contribution in [3.05, 3.63) is 47.8 Å². The van der Waals surface area contributed by atoms with Gasteiger partial charge in [-0.25, -0.2) is 4.68 Å². The summed E-state index contributed by atoms with van der Waals surface area (Å²) in [6.07, 6.45) is 6.95. The molecule has 0 radical (unpaired) electrons. The van der Waals surface area contributed by atoms with Gasteiger partial charge >= 0.3 is 0 Å². The molecule has 0 unspecified atom stereocenters. The van der Waals surface area contributed by atoms with Gasteiger partial charge in [0.1, 0.15) is 0 Å². The third-order valence-electron chi connectivity index (χ3n) is 4.50. The van der Waals surface area contributed by atoms with E-state index in [0.29, 0.717) is 12.5 Å². The van der Waals surface area contributed by atoms with Crippen molar-refractivity contribution < 1.29 is 4.79 Å². The Hall–Kier alpha value is -2.17. The molecule has 2 heterocycles. The molecular formula is C17H22N4O. The van der Waals surface area contributed by atoms with Gasteiger partial charge in [-0.1, -0.05) is 29.5 Å². The van der Waals surface area contributed by atoms with Crippen LogP contribution in [0.25, 0.3) is 0 Å². The molecule has 3 rings (SSSR count). The van der Waals surface area contributed by atoms with Gasteiger partial charge in [0.05, 0.1) is 12.2 Å². The molecule has 1 amide bonds. The molecule has 0 spiro atoms. The van der Waals surface area contributed by atoms with E-state index in [-0.39, 0.29) is 5.91 Å². The summed E-state index contributed by atoms with van der Waals surface area (Å²) in [5.74, 6) is 0.264. The van der Waals surface area contributed by atoms with Crippen LogP contribution in [0.5, 0.6) is 0 Å². The van der Waals surface area contributed by atoms with Crippen molar-refractivity contribution >= 4 is 5.91 Å². The number of piperidine rings is 1. The summed E-state index contributed by atoms with van der Waals surface area (Å²) in [7, 11) is 0. The van der Waals surface area contributed by atoms with Crippen LogP contribution in [0.15, 0.2) is 36.7 Å². The zero-order valence-corrected chi connectivity index (χ0v) is 13.0. The molecule has 0 saturated carbocycles. The van der Waals surface area contributed by atoms with Gasteiger partial charge in [-0.15, -0.1) is 5.10 Å². The first kappa shape index (κ1) is 14.8. The maximum atomic E-state index is 12.4. The fourth-order valence-electron chi connectivity index (χ4n) is 3.08. The average molecular weight is 298 g/mol. The minimum Gasteiger partial charge on any atom is -0.343 e. The lowest BCUT2D eigenvalue weighted by Crippen LogP contribution is -2.39. The number of amides is 1. The van der Waals surface area contributed by atoms with Crippen LogP contribution in [0.2, 0.25) is 0 Å². The lowest BCUT2D eigenvalue weighted by Gasteiger charge is -2.32. The van der Waals surface area contributed by atoms with Gasteiger partial charge in [0.25, 0.3) is 0 Å². The van der Waals surface area contributed by atoms with Gasteiger partial charge in [0, 0.05) is 25.7 Å². The molecule has 1 aliphatic heterocycles. The average Bonchev–Trinajstić information content (AvgIpc) is 3.08. The smallest absolute Gasteiger partial charge is 0.222 e. The molecule has 1 aromatic heterocycles. The maximum Gasteiger partial charge on any atom is 0.222 e. The molecule has 1 aromatic carbocycles. The Bertz CT molecular complexity index is 615. The number of hydrogen-bond acceptors (Lipinski definition) is 3. The van der Waals surface area contributed by atoms with Crippen molar-refractivity contribution in [3.63, 3.8) is 0 Å². The molecule has 0 aliphatic carbocycles. The van der Waals surface area contributed by atoms with E-state index in [0.717, 1.165) is 32.4 Å². The van der Waals surface area contributed by atoms with Gasteiger partial charge < -0.3 is 4.90 Å². The van der Waals surface area contributed by atoms with Gasteiger partial charge in [0.2, 0.25) is 5.91 Å². The van der Waals surface area contributed by atoms with Crippen molar-refractivity contribution in [1.29, 1.82) is 0 Å². The summed E-state index contributed by atoms with van der Waals surface area (Å²) >= 11 is 0. The molecule has 116 valence electrons. The Morgan fingerprint density at radius 1 is 1.27 bits per heavy atom. The van der Waals surface area contributed by atoms with E-state index >= 15 is 0 Å². The molecule has 1 fully saturated rings. The second-order valence-electron chi connectivity index (χ2n) is 5.92. The van der Waals surface area contributed by atoms with Crippen molar-refractivity contribution in [2.24, 2.45) is 0 Å². The first-order valence-corrected chi connectivity index (χ1v) is 7.92. The fourth-order valence-corrected chi connectivity index (χ4v) is 3.08. The predicted octanol–water partition coefficient (Wildman–Crippen LogP) is 2.38. The largest absolute Gasteiger partial charge is 0.343 e. The highest BCUT2D eigenvalue weighted by molar-refractivity contribution is 5.76. The molecule has 0 bridgehead atoms. The molecule has 5 heteroatoms. The fraction of sp³-hybridized carbons (Fsp3) is 0.471. The zero-order valence-electron chi connectivity index (χ0n) is 13.0. The molecule has 0 N–H and O–H groups in total. The number of carbonyl (C=O) groups is 1. The Kier molecular flexibility index (Phi) is 4.51. The van der Waals surface area contributed by atoms with Gasteiger partial charge in [-0.2, -0.15) is 0 Å². The minimum atomic E-state index is 0.264. The summed E-state index contributed by atoms with van der Waals surface area (Å²) < 4.78 is 1.91. The van der Waals surface area contributed by atoms with E-state index in [1.54, 1.807) is 6.20 Å². The SMILES string of the molecule is Cc1ccccc1CCC(=O)N1CCC(n2ccnn2)CC1. The topological polar surface area (TPSA) is 51.0 Å². The molecule has 2 aromatic rings. The molecule has 22 heavy (non-hydrogen) atoms. The second-order valence-corrected chi connectivity index (χ2v) is 5.92. The van der Waals surface area contributed by atoms with Crippen LogP contribution in [-0.4, -0.2) is 38.9 Å². The third kappa shape index (κ3) is 3.35. The molecule has 0 atom stereocenters. The van der Waals surface area contributed by atoms with E-state index in [1.807, 2.05) is 27.9 Å². The normalized spacial score (nSPS) is 16.0. The first-order valence-electron chi connectivity index (χ1n) is 7.92. The van der Waals surface area contributed by atoms with Crippen molar-refractivity contribution in [2.75, 3.05) is 13.1 Å².